The van der Waals surface area contributed by atoms with E-state index >= 15 is 0 Å². The van der Waals surface area contributed by atoms with Gasteiger partial charge in [-0.25, -0.2) is 4.79 Å². The maximum absolute atomic E-state index is 12.6. The monoisotopic (exact) mass is 337 g/mol. The summed E-state index contributed by atoms with van der Waals surface area (Å²) in [5.41, 5.74) is 4.91. The second-order valence-electron chi connectivity index (χ2n) is 6.58. The van der Waals surface area contributed by atoms with Gasteiger partial charge in [0.1, 0.15) is 6.04 Å². The average Bonchev–Trinajstić information content (AvgIpc) is 2.92. The highest BCUT2D eigenvalue weighted by atomic mass is 16.2. The van der Waals surface area contributed by atoms with Crippen molar-refractivity contribution in [2.45, 2.75) is 33.2 Å². The van der Waals surface area contributed by atoms with Crippen LogP contribution in [0.25, 0.3) is 0 Å². The van der Waals surface area contributed by atoms with Crippen LogP contribution in [0.2, 0.25) is 0 Å². The average molecular weight is 337 g/mol. The first kappa shape index (κ1) is 17.0. The summed E-state index contributed by atoms with van der Waals surface area (Å²) < 4.78 is 0. The summed E-state index contributed by atoms with van der Waals surface area (Å²) in [6.45, 7) is 6.57. The third kappa shape index (κ3) is 3.82. The van der Waals surface area contributed by atoms with E-state index < -0.39 is 6.04 Å². The fraction of sp³-hybridized carbons (Fsp3) is 0.300. The highest BCUT2D eigenvalue weighted by Crippen LogP contribution is 2.22. The zero-order valence-electron chi connectivity index (χ0n) is 14.8. The molecule has 2 aromatic rings. The van der Waals surface area contributed by atoms with Crippen LogP contribution in [0.4, 0.5) is 16.2 Å². The SMILES string of the molecule is Cc1ccc(N2CC[C@@H](NC(=O)Nc3ccc(C)cc3C)C2=O)cc1. The van der Waals surface area contributed by atoms with Gasteiger partial charge >= 0.3 is 6.03 Å². The van der Waals surface area contributed by atoms with Crippen LogP contribution >= 0.6 is 0 Å². The minimum Gasteiger partial charge on any atom is -0.326 e. The molecule has 1 aliphatic heterocycles. The Morgan fingerprint density at radius 2 is 1.72 bits per heavy atom. The van der Waals surface area contributed by atoms with Crippen LogP contribution in [-0.2, 0) is 4.79 Å². The van der Waals surface area contributed by atoms with E-state index in [9.17, 15) is 9.59 Å². The lowest BCUT2D eigenvalue weighted by atomic mass is 10.1. The molecule has 5 heteroatoms. The van der Waals surface area contributed by atoms with Gasteiger partial charge < -0.3 is 15.5 Å². The first-order valence-electron chi connectivity index (χ1n) is 8.47. The second kappa shape index (κ2) is 6.97. The van der Waals surface area contributed by atoms with Crippen molar-refractivity contribution in [1.82, 2.24) is 5.32 Å². The molecule has 0 aromatic heterocycles. The number of hydrogen-bond acceptors (Lipinski definition) is 2. The summed E-state index contributed by atoms with van der Waals surface area (Å²) >= 11 is 0. The standard InChI is InChI=1S/C20H23N3O2/c1-13-4-7-16(8-5-13)23-11-10-18(19(23)24)22-20(25)21-17-9-6-14(2)12-15(17)3/h4-9,12,18H,10-11H2,1-3H3,(H2,21,22,25)/t18-/m1/s1. The van der Waals surface area contributed by atoms with E-state index in [1.54, 1.807) is 4.90 Å². The smallest absolute Gasteiger partial charge is 0.319 e. The fourth-order valence-electron chi connectivity index (χ4n) is 3.07. The van der Waals surface area contributed by atoms with Gasteiger partial charge in [0.25, 0.3) is 0 Å². The Morgan fingerprint density at radius 3 is 2.40 bits per heavy atom. The van der Waals surface area contributed by atoms with Crippen LogP contribution in [0, 0.1) is 20.8 Å². The molecule has 0 radical (unpaired) electrons. The summed E-state index contributed by atoms with van der Waals surface area (Å²) in [5, 5.41) is 5.61. The quantitative estimate of drug-likeness (QED) is 0.900. The Balaban J connectivity index is 1.62. The van der Waals surface area contributed by atoms with E-state index in [4.69, 9.17) is 0 Å². The Hall–Kier alpha value is -2.82. The van der Waals surface area contributed by atoms with Crippen molar-refractivity contribution in [2.24, 2.45) is 0 Å². The molecular weight excluding hydrogens is 314 g/mol. The Bertz CT molecular complexity index is 799. The molecule has 0 bridgehead atoms. The number of carbonyl (C=O) groups is 2. The molecule has 2 N–H and O–H groups in total. The normalized spacial score (nSPS) is 16.8. The lowest BCUT2D eigenvalue weighted by Gasteiger charge is -2.18. The van der Waals surface area contributed by atoms with Crippen LogP contribution in [0.15, 0.2) is 42.5 Å². The highest BCUT2D eigenvalue weighted by molar-refractivity contribution is 6.02. The maximum atomic E-state index is 12.6. The van der Waals surface area contributed by atoms with Crippen molar-refractivity contribution in [3.05, 3.63) is 59.2 Å². The van der Waals surface area contributed by atoms with E-state index in [0.29, 0.717) is 13.0 Å². The Labute approximate surface area is 148 Å². The molecule has 3 amide bonds. The molecule has 0 unspecified atom stereocenters. The number of nitrogens with zero attached hydrogens (tertiary/aromatic N) is 1. The summed E-state index contributed by atoms with van der Waals surface area (Å²) in [7, 11) is 0. The van der Waals surface area contributed by atoms with Gasteiger partial charge in [0.15, 0.2) is 0 Å². The molecule has 1 saturated heterocycles. The molecule has 25 heavy (non-hydrogen) atoms. The van der Waals surface area contributed by atoms with Crippen molar-refractivity contribution in [3.63, 3.8) is 0 Å². The van der Waals surface area contributed by atoms with Crippen molar-refractivity contribution < 1.29 is 9.59 Å². The summed E-state index contributed by atoms with van der Waals surface area (Å²) in [5.74, 6) is -0.0698. The van der Waals surface area contributed by atoms with Crippen LogP contribution in [-0.4, -0.2) is 24.5 Å². The molecule has 1 aliphatic rings. The van der Waals surface area contributed by atoms with Gasteiger partial charge in [0.05, 0.1) is 0 Å². The van der Waals surface area contributed by atoms with Crippen LogP contribution < -0.4 is 15.5 Å². The highest BCUT2D eigenvalue weighted by Gasteiger charge is 2.33. The molecule has 1 heterocycles. The van der Waals surface area contributed by atoms with Gasteiger partial charge in [-0.1, -0.05) is 35.4 Å². The molecule has 0 spiro atoms. The van der Waals surface area contributed by atoms with E-state index in [-0.39, 0.29) is 11.9 Å². The summed E-state index contributed by atoms with van der Waals surface area (Å²) in [4.78, 5) is 26.5. The third-order valence-electron chi connectivity index (χ3n) is 4.49. The second-order valence-corrected chi connectivity index (χ2v) is 6.58. The summed E-state index contributed by atoms with van der Waals surface area (Å²) in [6, 6.07) is 12.8. The van der Waals surface area contributed by atoms with Crippen molar-refractivity contribution >= 4 is 23.3 Å². The first-order valence-corrected chi connectivity index (χ1v) is 8.47. The van der Waals surface area contributed by atoms with E-state index in [1.165, 1.54) is 0 Å². The number of aryl methyl sites for hydroxylation is 3. The van der Waals surface area contributed by atoms with Crippen molar-refractivity contribution in [3.8, 4) is 0 Å². The number of amides is 3. The van der Waals surface area contributed by atoms with Gasteiger partial charge in [-0.2, -0.15) is 0 Å². The van der Waals surface area contributed by atoms with Crippen molar-refractivity contribution in [2.75, 3.05) is 16.8 Å². The number of nitrogens with one attached hydrogen (secondary N) is 2. The zero-order valence-corrected chi connectivity index (χ0v) is 14.8. The zero-order chi connectivity index (χ0) is 18.0. The number of urea groups is 1. The predicted octanol–water partition coefficient (Wildman–Crippen LogP) is 3.54. The molecule has 5 nitrogen and oxygen atoms in total. The molecule has 130 valence electrons. The molecule has 1 atom stereocenters. The van der Waals surface area contributed by atoms with E-state index in [0.717, 1.165) is 28.1 Å². The summed E-state index contributed by atoms with van der Waals surface area (Å²) in [6.07, 6.45) is 0.604. The molecule has 2 aromatic carbocycles. The van der Waals surface area contributed by atoms with Gasteiger partial charge in [0.2, 0.25) is 5.91 Å². The molecule has 0 aliphatic carbocycles. The molecule has 0 saturated carbocycles. The minimum atomic E-state index is -0.493. The van der Waals surface area contributed by atoms with Gasteiger partial charge in [-0.3, -0.25) is 4.79 Å². The number of benzene rings is 2. The van der Waals surface area contributed by atoms with Gasteiger partial charge in [0, 0.05) is 17.9 Å². The third-order valence-corrected chi connectivity index (χ3v) is 4.49. The molecular formula is C20H23N3O2. The van der Waals surface area contributed by atoms with Crippen LogP contribution in [0.1, 0.15) is 23.1 Å². The first-order chi connectivity index (χ1) is 11.9. The Morgan fingerprint density at radius 1 is 1.04 bits per heavy atom. The Kier molecular flexibility index (Phi) is 4.74. The largest absolute Gasteiger partial charge is 0.326 e. The van der Waals surface area contributed by atoms with Crippen molar-refractivity contribution in [1.29, 1.82) is 0 Å². The van der Waals surface area contributed by atoms with Gasteiger partial charge in [-0.05, 0) is 51.0 Å². The predicted molar refractivity (Wildman–Crippen MR) is 100 cm³/mol. The maximum Gasteiger partial charge on any atom is 0.319 e. The number of hydrogen-bond donors (Lipinski definition) is 2. The van der Waals surface area contributed by atoms with E-state index in [1.807, 2.05) is 63.2 Å². The number of anilines is 2. The molecule has 1 fully saturated rings. The van der Waals surface area contributed by atoms with Gasteiger partial charge in [-0.15, -0.1) is 0 Å². The number of rotatable bonds is 3. The van der Waals surface area contributed by atoms with E-state index in [2.05, 4.69) is 10.6 Å². The minimum absolute atomic E-state index is 0.0698. The number of carbonyl (C=O) groups excluding carboxylic acids is 2. The topological polar surface area (TPSA) is 61.4 Å². The van der Waals surface area contributed by atoms with Crippen LogP contribution in [0.3, 0.4) is 0 Å². The van der Waals surface area contributed by atoms with Crippen LogP contribution in [0.5, 0.6) is 0 Å². The lowest BCUT2D eigenvalue weighted by molar-refractivity contribution is -0.118. The fourth-order valence-corrected chi connectivity index (χ4v) is 3.07. The molecule has 3 rings (SSSR count). The lowest BCUT2D eigenvalue weighted by Crippen LogP contribution is -2.43.